The lowest BCUT2D eigenvalue weighted by atomic mass is 10.1. The van der Waals surface area contributed by atoms with E-state index in [0.717, 1.165) is 11.4 Å². The van der Waals surface area contributed by atoms with E-state index in [1.54, 1.807) is 13.1 Å². The SMILES string of the molecule is CCS(=O)(=O)NC(CC(C)C)c1nccs1. The van der Waals surface area contributed by atoms with Crippen LogP contribution in [0.4, 0.5) is 0 Å². The van der Waals surface area contributed by atoms with Gasteiger partial charge in [0.1, 0.15) is 5.01 Å². The van der Waals surface area contributed by atoms with Crippen molar-refractivity contribution in [3.63, 3.8) is 0 Å². The molecular weight excluding hydrogens is 244 g/mol. The van der Waals surface area contributed by atoms with Gasteiger partial charge in [-0.1, -0.05) is 13.8 Å². The molecular formula is C10H18N2O2S2. The van der Waals surface area contributed by atoms with Gasteiger partial charge in [-0.25, -0.2) is 18.1 Å². The summed E-state index contributed by atoms with van der Waals surface area (Å²) in [6.07, 6.45) is 2.47. The monoisotopic (exact) mass is 262 g/mol. The molecule has 0 fully saturated rings. The number of hydrogen-bond donors (Lipinski definition) is 1. The first-order valence-electron chi connectivity index (χ1n) is 5.34. The maximum Gasteiger partial charge on any atom is 0.211 e. The first-order valence-corrected chi connectivity index (χ1v) is 7.87. The highest BCUT2D eigenvalue weighted by Crippen LogP contribution is 2.23. The summed E-state index contributed by atoms with van der Waals surface area (Å²) in [6, 6.07) is -0.190. The smallest absolute Gasteiger partial charge is 0.211 e. The maximum atomic E-state index is 11.6. The second-order valence-corrected chi connectivity index (χ2v) is 7.04. The van der Waals surface area contributed by atoms with E-state index in [4.69, 9.17) is 0 Å². The van der Waals surface area contributed by atoms with E-state index >= 15 is 0 Å². The molecule has 0 saturated carbocycles. The fourth-order valence-corrected chi connectivity index (χ4v) is 2.96. The van der Waals surface area contributed by atoms with E-state index in [9.17, 15) is 8.42 Å². The van der Waals surface area contributed by atoms with Crippen LogP contribution in [0, 0.1) is 5.92 Å². The summed E-state index contributed by atoms with van der Waals surface area (Å²) < 4.78 is 25.8. The molecule has 1 unspecified atom stereocenters. The van der Waals surface area contributed by atoms with Crippen molar-refractivity contribution in [2.75, 3.05) is 5.75 Å². The molecule has 1 aromatic heterocycles. The second kappa shape index (κ2) is 5.75. The first kappa shape index (κ1) is 13.6. The van der Waals surface area contributed by atoms with Crippen LogP contribution >= 0.6 is 11.3 Å². The Balaban J connectivity index is 2.81. The maximum absolute atomic E-state index is 11.6. The van der Waals surface area contributed by atoms with Crippen molar-refractivity contribution < 1.29 is 8.42 Å². The minimum Gasteiger partial charge on any atom is -0.248 e. The van der Waals surface area contributed by atoms with Crippen molar-refractivity contribution >= 4 is 21.4 Å². The average Bonchev–Trinajstić information content (AvgIpc) is 2.68. The topological polar surface area (TPSA) is 59.1 Å². The van der Waals surface area contributed by atoms with Crippen molar-refractivity contribution in [3.8, 4) is 0 Å². The summed E-state index contributed by atoms with van der Waals surface area (Å²) in [5, 5.41) is 2.70. The zero-order valence-electron chi connectivity index (χ0n) is 9.80. The largest absolute Gasteiger partial charge is 0.248 e. The number of nitrogens with one attached hydrogen (secondary N) is 1. The van der Waals surface area contributed by atoms with Gasteiger partial charge in [0.05, 0.1) is 11.8 Å². The normalized spacial score (nSPS) is 14.2. The summed E-state index contributed by atoms with van der Waals surface area (Å²) in [6.45, 7) is 5.78. The van der Waals surface area contributed by atoms with E-state index in [0.29, 0.717) is 5.92 Å². The van der Waals surface area contributed by atoms with Gasteiger partial charge in [-0.3, -0.25) is 0 Å². The van der Waals surface area contributed by atoms with Gasteiger partial charge < -0.3 is 0 Å². The van der Waals surface area contributed by atoms with Gasteiger partial charge in [0, 0.05) is 11.6 Å². The van der Waals surface area contributed by atoms with Crippen LogP contribution in [0.25, 0.3) is 0 Å². The second-order valence-electron chi connectivity index (χ2n) is 4.07. The van der Waals surface area contributed by atoms with Crippen LogP contribution in [-0.2, 0) is 10.0 Å². The molecule has 6 heteroatoms. The molecule has 0 radical (unpaired) electrons. The van der Waals surface area contributed by atoms with Crippen molar-refractivity contribution in [2.24, 2.45) is 5.92 Å². The molecule has 0 bridgehead atoms. The number of rotatable bonds is 6. The van der Waals surface area contributed by atoms with Gasteiger partial charge in [-0.2, -0.15) is 0 Å². The van der Waals surface area contributed by atoms with Crippen LogP contribution in [0.2, 0.25) is 0 Å². The lowest BCUT2D eigenvalue weighted by Crippen LogP contribution is -2.30. The van der Waals surface area contributed by atoms with Gasteiger partial charge in [0.2, 0.25) is 10.0 Å². The molecule has 0 aliphatic carbocycles. The molecule has 1 rings (SSSR count). The predicted molar refractivity (Wildman–Crippen MR) is 66.9 cm³/mol. The number of nitrogens with zero attached hydrogens (tertiary/aromatic N) is 1. The summed E-state index contributed by atoms with van der Waals surface area (Å²) >= 11 is 1.49. The minimum absolute atomic E-state index is 0.104. The molecule has 0 spiro atoms. The summed E-state index contributed by atoms with van der Waals surface area (Å²) in [4.78, 5) is 4.18. The third kappa shape index (κ3) is 4.19. The summed E-state index contributed by atoms with van der Waals surface area (Å²) in [5.74, 6) is 0.529. The quantitative estimate of drug-likeness (QED) is 0.854. The molecule has 4 nitrogen and oxygen atoms in total. The van der Waals surface area contributed by atoms with Crippen LogP contribution in [-0.4, -0.2) is 19.2 Å². The van der Waals surface area contributed by atoms with Crippen LogP contribution in [0.5, 0.6) is 0 Å². The highest BCUT2D eigenvalue weighted by atomic mass is 32.2. The van der Waals surface area contributed by atoms with Crippen LogP contribution in [0.3, 0.4) is 0 Å². The lowest BCUT2D eigenvalue weighted by molar-refractivity contribution is 0.471. The molecule has 0 aliphatic heterocycles. The third-order valence-corrected chi connectivity index (χ3v) is 4.45. The molecule has 1 heterocycles. The highest BCUT2D eigenvalue weighted by molar-refractivity contribution is 7.89. The standard InChI is InChI=1S/C10H18N2O2S2/c1-4-16(13,14)12-9(7-8(2)3)10-11-5-6-15-10/h5-6,8-9,12H,4,7H2,1-3H3. The molecule has 1 atom stereocenters. The molecule has 0 amide bonds. The average molecular weight is 262 g/mol. The van der Waals surface area contributed by atoms with E-state index in [1.165, 1.54) is 11.3 Å². The molecule has 1 aromatic rings. The van der Waals surface area contributed by atoms with E-state index in [-0.39, 0.29) is 11.8 Å². The van der Waals surface area contributed by atoms with Crippen molar-refractivity contribution in [1.82, 2.24) is 9.71 Å². The van der Waals surface area contributed by atoms with Gasteiger partial charge in [0.25, 0.3) is 0 Å². The molecule has 0 aromatic carbocycles. The van der Waals surface area contributed by atoms with Crippen molar-refractivity contribution in [2.45, 2.75) is 33.2 Å². The summed E-state index contributed by atoms with van der Waals surface area (Å²) in [7, 11) is -3.17. The van der Waals surface area contributed by atoms with E-state index in [1.807, 2.05) is 5.38 Å². The van der Waals surface area contributed by atoms with Crippen LogP contribution < -0.4 is 4.72 Å². The zero-order valence-corrected chi connectivity index (χ0v) is 11.4. The molecule has 0 saturated heterocycles. The predicted octanol–water partition coefficient (Wildman–Crippen LogP) is 2.17. The van der Waals surface area contributed by atoms with Crippen LogP contribution in [0.1, 0.15) is 38.2 Å². The number of thiazole rings is 1. The Morgan fingerprint density at radius 2 is 2.19 bits per heavy atom. The highest BCUT2D eigenvalue weighted by Gasteiger charge is 2.20. The fourth-order valence-electron chi connectivity index (χ4n) is 1.38. The zero-order chi connectivity index (χ0) is 12.2. The first-order chi connectivity index (χ1) is 7.44. The molecule has 1 N–H and O–H groups in total. The Morgan fingerprint density at radius 3 is 2.62 bits per heavy atom. The minimum atomic E-state index is -3.17. The molecule has 92 valence electrons. The van der Waals surface area contributed by atoms with E-state index in [2.05, 4.69) is 23.6 Å². The van der Waals surface area contributed by atoms with E-state index < -0.39 is 10.0 Å². The van der Waals surface area contributed by atoms with Crippen molar-refractivity contribution in [3.05, 3.63) is 16.6 Å². The Morgan fingerprint density at radius 1 is 1.50 bits per heavy atom. The Kier molecular flexibility index (Phi) is 4.89. The number of sulfonamides is 1. The number of hydrogen-bond acceptors (Lipinski definition) is 4. The lowest BCUT2D eigenvalue weighted by Gasteiger charge is -2.17. The fraction of sp³-hybridized carbons (Fsp3) is 0.700. The molecule has 16 heavy (non-hydrogen) atoms. The Hall–Kier alpha value is -0.460. The van der Waals surface area contributed by atoms with Gasteiger partial charge in [-0.05, 0) is 19.3 Å². The van der Waals surface area contributed by atoms with Gasteiger partial charge in [-0.15, -0.1) is 11.3 Å². The Bertz CT molecular complexity index is 398. The van der Waals surface area contributed by atoms with Crippen LogP contribution in [0.15, 0.2) is 11.6 Å². The Labute approximate surface area is 101 Å². The number of aromatic nitrogens is 1. The van der Waals surface area contributed by atoms with Gasteiger partial charge in [0.15, 0.2) is 0 Å². The molecule has 0 aliphatic rings. The van der Waals surface area contributed by atoms with Gasteiger partial charge >= 0.3 is 0 Å². The third-order valence-electron chi connectivity index (χ3n) is 2.16. The van der Waals surface area contributed by atoms with Crippen molar-refractivity contribution in [1.29, 1.82) is 0 Å². The summed E-state index contributed by atoms with van der Waals surface area (Å²) in [5.41, 5.74) is 0.